The summed E-state index contributed by atoms with van der Waals surface area (Å²) >= 11 is 0. The molecule has 0 spiro atoms. The zero-order chi connectivity index (χ0) is 15.0. The van der Waals surface area contributed by atoms with Gasteiger partial charge in [-0.15, -0.1) is 0 Å². The van der Waals surface area contributed by atoms with Crippen LogP contribution < -0.4 is 5.32 Å². The van der Waals surface area contributed by atoms with Crippen molar-refractivity contribution in [2.45, 2.75) is 25.3 Å². The molecule has 0 radical (unpaired) electrons. The Hall–Kier alpha value is -1.55. The molecule has 1 N–H and O–H groups in total. The third-order valence-electron chi connectivity index (χ3n) is 4.93. The summed E-state index contributed by atoms with van der Waals surface area (Å²) in [5.41, 5.74) is 2.29. The SMILES string of the molecule is CC1CN(C(=O)C2CCNc3ccccc32)CC1N(C)C. The highest BCUT2D eigenvalue weighted by molar-refractivity contribution is 5.86. The molecule has 1 amide bonds. The van der Waals surface area contributed by atoms with E-state index in [9.17, 15) is 4.79 Å². The van der Waals surface area contributed by atoms with E-state index in [0.29, 0.717) is 17.9 Å². The lowest BCUT2D eigenvalue weighted by Gasteiger charge is -2.29. The molecule has 3 atom stereocenters. The first-order valence-corrected chi connectivity index (χ1v) is 7.86. The number of amides is 1. The van der Waals surface area contributed by atoms with Crippen LogP contribution in [0.2, 0.25) is 0 Å². The van der Waals surface area contributed by atoms with Gasteiger partial charge in [-0.05, 0) is 38.1 Å². The fraction of sp³-hybridized carbons (Fsp3) is 0.588. The number of anilines is 1. The van der Waals surface area contributed by atoms with Gasteiger partial charge in [0.25, 0.3) is 0 Å². The summed E-state index contributed by atoms with van der Waals surface area (Å²) in [5, 5.41) is 3.39. The predicted octanol–water partition coefficient (Wildman–Crippen LogP) is 1.99. The minimum Gasteiger partial charge on any atom is -0.385 e. The van der Waals surface area contributed by atoms with Crippen molar-refractivity contribution in [2.75, 3.05) is 39.0 Å². The highest BCUT2D eigenvalue weighted by atomic mass is 16.2. The Morgan fingerprint density at radius 2 is 2.05 bits per heavy atom. The largest absolute Gasteiger partial charge is 0.385 e. The molecule has 1 saturated heterocycles. The van der Waals surface area contributed by atoms with Crippen molar-refractivity contribution in [1.82, 2.24) is 9.80 Å². The lowest BCUT2D eigenvalue weighted by atomic mass is 9.90. The Labute approximate surface area is 127 Å². The lowest BCUT2D eigenvalue weighted by Crippen LogP contribution is -2.38. The summed E-state index contributed by atoms with van der Waals surface area (Å²) in [7, 11) is 4.21. The normalized spacial score (nSPS) is 28.4. The minimum absolute atomic E-state index is 0.0237. The third kappa shape index (κ3) is 2.64. The van der Waals surface area contributed by atoms with Crippen LogP contribution in [0.1, 0.15) is 24.8 Å². The number of rotatable bonds is 2. The van der Waals surface area contributed by atoms with Crippen molar-refractivity contribution in [3.05, 3.63) is 29.8 Å². The fourth-order valence-electron chi connectivity index (χ4n) is 3.75. The molecule has 2 aliphatic heterocycles. The van der Waals surface area contributed by atoms with Crippen molar-refractivity contribution >= 4 is 11.6 Å². The van der Waals surface area contributed by atoms with Gasteiger partial charge in [0.15, 0.2) is 0 Å². The van der Waals surface area contributed by atoms with Crippen LogP contribution in [0.3, 0.4) is 0 Å². The number of nitrogens with one attached hydrogen (secondary N) is 1. The maximum absolute atomic E-state index is 13.0. The molecule has 0 saturated carbocycles. The molecule has 0 bridgehead atoms. The number of hydrogen-bond donors (Lipinski definition) is 1. The fourth-order valence-corrected chi connectivity index (χ4v) is 3.75. The predicted molar refractivity (Wildman–Crippen MR) is 85.5 cm³/mol. The molecule has 114 valence electrons. The molecule has 0 aromatic heterocycles. The van der Waals surface area contributed by atoms with Gasteiger partial charge in [0.1, 0.15) is 0 Å². The van der Waals surface area contributed by atoms with E-state index in [1.165, 1.54) is 0 Å². The Bertz CT molecular complexity index is 529. The van der Waals surface area contributed by atoms with Crippen molar-refractivity contribution in [2.24, 2.45) is 5.92 Å². The quantitative estimate of drug-likeness (QED) is 0.903. The number of benzene rings is 1. The summed E-state index contributed by atoms with van der Waals surface area (Å²) in [6, 6.07) is 8.70. The van der Waals surface area contributed by atoms with Crippen LogP contribution in [0.4, 0.5) is 5.69 Å². The van der Waals surface area contributed by atoms with E-state index in [1.807, 2.05) is 12.1 Å². The second kappa shape index (κ2) is 5.68. The second-order valence-corrected chi connectivity index (χ2v) is 6.61. The molecular weight excluding hydrogens is 262 g/mol. The van der Waals surface area contributed by atoms with Crippen LogP contribution in [-0.2, 0) is 4.79 Å². The van der Waals surface area contributed by atoms with Crippen molar-refractivity contribution in [1.29, 1.82) is 0 Å². The molecule has 1 aromatic rings. The van der Waals surface area contributed by atoms with E-state index < -0.39 is 0 Å². The van der Waals surface area contributed by atoms with Gasteiger partial charge < -0.3 is 15.1 Å². The molecule has 4 nitrogen and oxygen atoms in total. The molecule has 0 aliphatic carbocycles. The zero-order valence-corrected chi connectivity index (χ0v) is 13.2. The average Bonchev–Trinajstić information content (AvgIpc) is 2.88. The van der Waals surface area contributed by atoms with Crippen LogP contribution in [-0.4, -0.2) is 55.5 Å². The number of carbonyl (C=O) groups is 1. The van der Waals surface area contributed by atoms with E-state index in [-0.39, 0.29) is 5.92 Å². The van der Waals surface area contributed by atoms with Gasteiger partial charge in [-0.25, -0.2) is 0 Å². The third-order valence-corrected chi connectivity index (χ3v) is 4.93. The number of para-hydroxylation sites is 1. The summed E-state index contributed by atoms with van der Waals surface area (Å²) in [6.45, 7) is 4.87. The molecule has 4 heteroatoms. The van der Waals surface area contributed by atoms with Crippen molar-refractivity contribution in [3.63, 3.8) is 0 Å². The molecular formula is C17H25N3O. The summed E-state index contributed by atoms with van der Waals surface area (Å²) in [6.07, 6.45) is 0.896. The molecule has 21 heavy (non-hydrogen) atoms. The van der Waals surface area contributed by atoms with E-state index in [2.05, 4.69) is 48.3 Å². The maximum Gasteiger partial charge on any atom is 0.230 e. The van der Waals surface area contributed by atoms with Crippen LogP contribution in [0.15, 0.2) is 24.3 Å². The highest BCUT2D eigenvalue weighted by Crippen LogP contribution is 2.34. The Morgan fingerprint density at radius 1 is 1.29 bits per heavy atom. The van der Waals surface area contributed by atoms with E-state index in [4.69, 9.17) is 0 Å². The topological polar surface area (TPSA) is 35.6 Å². The van der Waals surface area contributed by atoms with Gasteiger partial charge in [0.2, 0.25) is 5.91 Å². The molecule has 3 unspecified atom stereocenters. The number of carbonyl (C=O) groups excluding carboxylic acids is 1. The van der Waals surface area contributed by atoms with E-state index in [1.54, 1.807) is 0 Å². The number of likely N-dealkylation sites (tertiary alicyclic amines) is 1. The first-order chi connectivity index (χ1) is 10.1. The smallest absolute Gasteiger partial charge is 0.230 e. The molecule has 1 fully saturated rings. The first-order valence-electron chi connectivity index (χ1n) is 7.86. The Kier molecular flexibility index (Phi) is 3.89. The van der Waals surface area contributed by atoms with Gasteiger partial charge in [0, 0.05) is 31.4 Å². The molecule has 1 aromatic carbocycles. The van der Waals surface area contributed by atoms with Gasteiger partial charge in [0.05, 0.1) is 5.92 Å². The number of likely N-dealkylation sites (N-methyl/N-ethyl adjacent to an activating group) is 1. The number of fused-ring (bicyclic) bond motifs is 1. The van der Waals surface area contributed by atoms with Crippen molar-refractivity contribution < 1.29 is 4.79 Å². The first kappa shape index (κ1) is 14.4. The molecule has 2 aliphatic rings. The summed E-state index contributed by atoms with van der Waals surface area (Å²) < 4.78 is 0. The van der Waals surface area contributed by atoms with Crippen LogP contribution in [0, 0.1) is 5.92 Å². The number of hydrogen-bond acceptors (Lipinski definition) is 3. The lowest BCUT2D eigenvalue weighted by molar-refractivity contribution is -0.132. The monoisotopic (exact) mass is 287 g/mol. The molecule has 2 heterocycles. The van der Waals surface area contributed by atoms with Gasteiger partial charge in [-0.3, -0.25) is 4.79 Å². The highest BCUT2D eigenvalue weighted by Gasteiger charge is 2.37. The summed E-state index contributed by atoms with van der Waals surface area (Å²) in [5.74, 6) is 0.872. The molecule has 3 rings (SSSR count). The van der Waals surface area contributed by atoms with Gasteiger partial charge in [-0.1, -0.05) is 25.1 Å². The van der Waals surface area contributed by atoms with E-state index >= 15 is 0 Å². The summed E-state index contributed by atoms with van der Waals surface area (Å²) in [4.78, 5) is 17.3. The van der Waals surface area contributed by atoms with Gasteiger partial charge >= 0.3 is 0 Å². The number of nitrogens with zero attached hydrogens (tertiary/aromatic N) is 2. The minimum atomic E-state index is 0.0237. The second-order valence-electron chi connectivity index (χ2n) is 6.61. The van der Waals surface area contributed by atoms with E-state index in [0.717, 1.165) is 37.3 Å². The van der Waals surface area contributed by atoms with Crippen molar-refractivity contribution in [3.8, 4) is 0 Å². The van der Waals surface area contributed by atoms with Gasteiger partial charge in [-0.2, -0.15) is 0 Å². The average molecular weight is 287 g/mol. The standard InChI is InChI=1S/C17H25N3O/c1-12-10-20(11-16(12)19(2)3)17(21)14-8-9-18-15-7-5-4-6-13(14)15/h4-7,12,14,16,18H,8-11H2,1-3H3. The van der Waals surface area contributed by atoms with Crippen LogP contribution >= 0.6 is 0 Å². The zero-order valence-electron chi connectivity index (χ0n) is 13.2. The maximum atomic E-state index is 13.0. The Morgan fingerprint density at radius 3 is 2.76 bits per heavy atom. The van der Waals surface area contributed by atoms with Crippen LogP contribution in [0.5, 0.6) is 0 Å². The van der Waals surface area contributed by atoms with Crippen LogP contribution in [0.25, 0.3) is 0 Å². The Balaban J connectivity index is 1.78.